The van der Waals surface area contributed by atoms with Crippen LogP contribution in [0.5, 0.6) is 0 Å². The summed E-state index contributed by atoms with van der Waals surface area (Å²) in [5.41, 5.74) is 3.69. The van der Waals surface area contributed by atoms with Crippen molar-refractivity contribution in [1.29, 1.82) is 0 Å². The molecule has 3 fully saturated rings. The van der Waals surface area contributed by atoms with Gasteiger partial charge in [-0.1, -0.05) is 64.8 Å². The molecule has 0 aromatic rings. The lowest BCUT2D eigenvalue weighted by molar-refractivity contribution is -0.127. The van der Waals surface area contributed by atoms with Crippen molar-refractivity contribution in [2.75, 3.05) is 0 Å². The van der Waals surface area contributed by atoms with Crippen LogP contribution < -0.4 is 0 Å². The molecule has 4 aliphatic carbocycles. The Bertz CT molecular complexity index is 746. The van der Waals surface area contributed by atoms with Crippen molar-refractivity contribution in [2.45, 2.75) is 99.0 Å². The minimum Gasteiger partial charge on any atom is -0.393 e. The molecule has 1 N–H and O–H groups in total. The number of aliphatic hydroxyl groups excluding tert-OH is 1. The maximum atomic E-state index is 13.2. The summed E-state index contributed by atoms with van der Waals surface area (Å²) in [4.78, 5) is 13.2. The van der Waals surface area contributed by atoms with Gasteiger partial charge in [-0.15, -0.1) is 0 Å². The molecule has 0 aromatic carbocycles. The van der Waals surface area contributed by atoms with Crippen LogP contribution in [0.3, 0.4) is 0 Å². The molecular formula is C28H44O2. The third-order valence-corrected chi connectivity index (χ3v) is 10.4. The van der Waals surface area contributed by atoms with Crippen LogP contribution >= 0.6 is 0 Å². The van der Waals surface area contributed by atoms with Crippen LogP contribution in [0.4, 0.5) is 0 Å². The van der Waals surface area contributed by atoms with E-state index in [1.54, 1.807) is 5.57 Å². The zero-order chi connectivity index (χ0) is 21.8. The van der Waals surface area contributed by atoms with Crippen LogP contribution in [0.1, 0.15) is 92.9 Å². The number of rotatable bonds is 5. The minimum atomic E-state index is -0.149. The molecule has 4 aliphatic rings. The average molecular weight is 413 g/mol. The first-order chi connectivity index (χ1) is 14.1. The van der Waals surface area contributed by atoms with Crippen LogP contribution in [0.2, 0.25) is 0 Å². The van der Waals surface area contributed by atoms with Crippen LogP contribution in [-0.2, 0) is 4.79 Å². The molecule has 0 heterocycles. The van der Waals surface area contributed by atoms with Gasteiger partial charge < -0.3 is 5.11 Å². The lowest BCUT2D eigenvalue weighted by Crippen LogP contribution is -2.47. The lowest BCUT2D eigenvalue weighted by Gasteiger charge is -2.55. The number of hydrogen-bond acceptors (Lipinski definition) is 2. The fraction of sp³-hybridized carbons (Fsp3) is 0.821. The van der Waals surface area contributed by atoms with Crippen molar-refractivity contribution in [3.8, 4) is 0 Å². The summed E-state index contributed by atoms with van der Waals surface area (Å²) in [6.45, 7) is 13.9. The molecule has 168 valence electrons. The van der Waals surface area contributed by atoms with Crippen LogP contribution in [0.25, 0.3) is 0 Å². The Kier molecular flexibility index (Phi) is 5.88. The molecule has 0 saturated heterocycles. The van der Waals surface area contributed by atoms with Gasteiger partial charge in [-0.2, -0.15) is 0 Å². The van der Waals surface area contributed by atoms with E-state index in [9.17, 15) is 9.90 Å². The Morgan fingerprint density at radius 1 is 1.03 bits per heavy atom. The molecule has 2 nitrogen and oxygen atoms in total. The number of aliphatic hydroxyl groups is 1. The van der Waals surface area contributed by atoms with E-state index in [0.29, 0.717) is 35.4 Å². The molecule has 0 aliphatic heterocycles. The maximum Gasteiger partial charge on any atom is 0.136 e. The van der Waals surface area contributed by atoms with Gasteiger partial charge in [0.1, 0.15) is 5.78 Å². The highest BCUT2D eigenvalue weighted by Crippen LogP contribution is 2.66. The molecule has 0 bridgehead atoms. The third kappa shape index (κ3) is 3.46. The maximum absolute atomic E-state index is 13.2. The topological polar surface area (TPSA) is 37.3 Å². The number of carbonyl (C=O) groups excluding carboxylic acids is 1. The largest absolute Gasteiger partial charge is 0.393 e. The van der Waals surface area contributed by atoms with E-state index < -0.39 is 0 Å². The van der Waals surface area contributed by atoms with Gasteiger partial charge in [0.05, 0.1) is 6.10 Å². The Hall–Kier alpha value is -0.890. The van der Waals surface area contributed by atoms with Crippen molar-refractivity contribution >= 4 is 5.78 Å². The van der Waals surface area contributed by atoms with Crippen molar-refractivity contribution in [3.63, 3.8) is 0 Å². The molecule has 2 unspecified atom stereocenters. The molecule has 30 heavy (non-hydrogen) atoms. The summed E-state index contributed by atoms with van der Waals surface area (Å²) < 4.78 is 0. The summed E-state index contributed by atoms with van der Waals surface area (Å²) in [7, 11) is 0. The second-order valence-corrected chi connectivity index (χ2v) is 12.2. The number of allylic oxidation sites excluding steroid dienone is 3. The molecule has 4 rings (SSSR count). The van der Waals surface area contributed by atoms with Gasteiger partial charge in [-0.05, 0) is 85.4 Å². The van der Waals surface area contributed by atoms with Gasteiger partial charge in [0.2, 0.25) is 0 Å². The molecular weight excluding hydrogens is 368 g/mol. The van der Waals surface area contributed by atoms with E-state index in [1.165, 1.54) is 31.3 Å². The highest BCUT2D eigenvalue weighted by atomic mass is 16.3. The van der Waals surface area contributed by atoms with Crippen molar-refractivity contribution < 1.29 is 9.90 Å². The van der Waals surface area contributed by atoms with Crippen LogP contribution in [0, 0.1) is 46.3 Å². The number of hydrogen-bond donors (Lipinski definition) is 1. The molecule has 0 spiro atoms. The zero-order valence-electron chi connectivity index (χ0n) is 20.2. The molecule has 3 saturated carbocycles. The number of carbonyl (C=O) groups is 1. The molecule has 0 amide bonds. The second-order valence-electron chi connectivity index (χ2n) is 12.2. The van der Waals surface area contributed by atoms with Gasteiger partial charge >= 0.3 is 0 Å². The molecule has 2 heteroatoms. The third-order valence-electron chi connectivity index (χ3n) is 10.4. The van der Waals surface area contributed by atoms with E-state index in [1.807, 2.05) is 0 Å². The smallest absolute Gasteiger partial charge is 0.136 e. The van der Waals surface area contributed by atoms with E-state index in [0.717, 1.165) is 25.7 Å². The van der Waals surface area contributed by atoms with E-state index in [2.05, 4.69) is 53.7 Å². The monoisotopic (exact) mass is 412 g/mol. The van der Waals surface area contributed by atoms with Gasteiger partial charge in [-0.3, -0.25) is 4.79 Å². The Labute approximate surface area is 184 Å². The average Bonchev–Trinajstić information content (AvgIpc) is 3.04. The predicted octanol–water partition coefficient (Wildman–Crippen LogP) is 6.73. The minimum absolute atomic E-state index is 0.149. The predicted molar refractivity (Wildman–Crippen MR) is 124 cm³/mol. The van der Waals surface area contributed by atoms with Crippen LogP contribution in [-0.4, -0.2) is 17.0 Å². The van der Waals surface area contributed by atoms with Gasteiger partial charge in [0, 0.05) is 12.3 Å². The highest BCUT2D eigenvalue weighted by molar-refractivity contribution is 5.81. The van der Waals surface area contributed by atoms with Gasteiger partial charge in [-0.25, -0.2) is 0 Å². The van der Waals surface area contributed by atoms with E-state index >= 15 is 0 Å². The fourth-order valence-corrected chi connectivity index (χ4v) is 7.81. The normalized spacial score (nSPS) is 42.5. The molecule has 8 atom stereocenters. The summed E-state index contributed by atoms with van der Waals surface area (Å²) in [6, 6.07) is 0. The van der Waals surface area contributed by atoms with Gasteiger partial charge in [0.25, 0.3) is 0 Å². The molecule has 0 radical (unpaired) electrons. The van der Waals surface area contributed by atoms with E-state index in [4.69, 9.17) is 0 Å². The van der Waals surface area contributed by atoms with Crippen molar-refractivity contribution in [3.05, 3.63) is 23.3 Å². The molecule has 0 aromatic heterocycles. The van der Waals surface area contributed by atoms with E-state index in [-0.39, 0.29) is 22.9 Å². The fourth-order valence-electron chi connectivity index (χ4n) is 7.81. The highest BCUT2D eigenvalue weighted by Gasteiger charge is 2.57. The summed E-state index contributed by atoms with van der Waals surface area (Å²) >= 11 is 0. The summed E-state index contributed by atoms with van der Waals surface area (Å²) in [5.74, 6) is 3.56. The number of Topliss-reactive ketones (excluding diaryl/α,β-unsaturated/α-hetero) is 1. The summed E-state index contributed by atoms with van der Waals surface area (Å²) in [5, 5.41) is 10.2. The number of ketones is 1. The van der Waals surface area contributed by atoms with Crippen LogP contribution in [0.15, 0.2) is 23.3 Å². The Morgan fingerprint density at radius 2 is 1.77 bits per heavy atom. The summed E-state index contributed by atoms with van der Waals surface area (Å²) in [6.07, 6.45) is 13.3. The SMILES string of the molecule is CC(C)C(C)CC(=O)C(C)[C@H]1CC[C@H]2C3=CC=C4C[C@@H](O)CC[C@]4(C)[C@H]3CC[C@]12C. The lowest BCUT2D eigenvalue weighted by atomic mass is 9.50. The first-order valence-corrected chi connectivity index (χ1v) is 12.7. The standard InChI is InChI=1S/C28H44O2/c1-17(2)18(3)15-26(30)19(4)23-9-10-24-22-8-7-20-16-21(29)11-13-27(20,5)25(22)12-14-28(23,24)6/h7-8,17-19,21,23-25,29H,9-16H2,1-6H3/t18?,19?,21-,23+,24-,25-,27-,28+/m0/s1. The first kappa shape index (κ1) is 22.3. The first-order valence-electron chi connectivity index (χ1n) is 12.7. The Morgan fingerprint density at radius 3 is 2.47 bits per heavy atom. The van der Waals surface area contributed by atoms with Crippen molar-refractivity contribution in [2.24, 2.45) is 46.3 Å². The van der Waals surface area contributed by atoms with Gasteiger partial charge in [0.15, 0.2) is 0 Å². The van der Waals surface area contributed by atoms with Crippen molar-refractivity contribution in [1.82, 2.24) is 0 Å². The quantitative estimate of drug-likeness (QED) is 0.543. The Balaban J connectivity index is 1.56. The number of fused-ring (bicyclic) bond motifs is 5. The zero-order valence-corrected chi connectivity index (χ0v) is 20.2. The second kappa shape index (κ2) is 7.91.